The molecule has 0 aliphatic carbocycles. The quantitative estimate of drug-likeness (QED) is 0.848. The lowest BCUT2D eigenvalue weighted by Crippen LogP contribution is -2.38. The van der Waals surface area contributed by atoms with Gasteiger partial charge in [0.15, 0.2) is 0 Å². The van der Waals surface area contributed by atoms with E-state index in [-0.39, 0.29) is 17.3 Å². The number of sulfonamides is 1. The molecule has 0 unspecified atom stereocenters. The molecule has 5 nitrogen and oxygen atoms in total. The molecule has 1 aromatic rings. The Morgan fingerprint density at radius 3 is 2.79 bits per heavy atom. The number of nitrogens with two attached hydrogens (primary N) is 1. The predicted octanol–water partition coefficient (Wildman–Crippen LogP) is 1.28. The number of hydrogen-bond donors (Lipinski definition) is 1. The van der Waals surface area contributed by atoms with Crippen molar-refractivity contribution in [3.63, 3.8) is 0 Å². The van der Waals surface area contributed by atoms with E-state index in [1.807, 2.05) is 0 Å². The van der Waals surface area contributed by atoms with Crippen molar-refractivity contribution in [2.24, 2.45) is 5.73 Å². The monoisotopic (exact) mass is 300 g/mol. The Hall–Kier alpha value is -1.34. The van der Waals surface area contributed by atoms with E-state index < -0.39 is 10.0 Å². The van der Waals surface area contributed by atoms with Gasteiger partial charge in [-0.2, -0.15) is 0 Å². The van der Waals surface area contributed by atoms with E-state index in [0.29, 0.717) is 24.4 Å². The molecule has 7 heteroatoms. The maximum absolute atomic E-state index is 12.1. The van der Waals surface area contributed by atoms with Gasteiger partial charge in [0.2, 0.25) is 10.0 Å². The number of rotatable bonds is 4. The smallest absolute Gasteiger partial charge is 0.235 e. The number of para-hydroxylation sites is 2. The second kappa shape index (κ2) is 5.75. The van der Waals surface area contributed by atoms with Crippen LogP contribution in [0.15, 0.2) is 24.3 Å². The van der Waals surface area contributed by atoms with Crippen LogP contribution in [0.4, 0.5) is 5.69 Å². The van der Waals surface area contributed by atoms with Gasteiger partial charge in [-0.1, -0.05) is 24.4 Å². The lowest BCUT2D eigenvalue weighted by Gasteiger charge is -2.29. The van der Waals surface area contributed by atoms with Crippen molar-refractivity contribution in [1.82, 2.24) is 0 Å². The van der Waals surface area contributed by atoms with Crippen molar-refractivity contribution in [2.75, 3.05) is 23.2 Å². The topological polar surface area (TPSA) is 72.6 Å². The van der Waals surface area contributed by atoms with Gasteiger partial charge >= 0.3 is 0 Å². The van der Waals surface area contributed by atoms with Gasteiger partial charge in [0.05, 0.1) is 11.4 Å². The Kier molecular flexibility index (Phi) is 4.26. The van der Waals surface area contributed by atoms with Crippen molar-refractivity contribution in [1.29, 1.82) is 0 Å². The fraction of sp³-hybridized carbons (Fsp3) is 0.417. The molecule has 0 radical (unpaired) electrons. The number of benzene rings is 1. The first-order valence-electron chi connectivity index (χ1n) is 6.01. The summed E-state index contributed by atoms with van der Waals surface area (Å²) in [5.74, 6) is 0.664. The van der Waals surface area contributed by atoms with Gasteiger partial charge in [-0.25, -0.2) is 8.42 Å². The van der Waals surface area contributed by atoms with E-state index in [0.717, 1.165) is 6.42 Å². The normalized spacial score (nSPS) is 18.0. The second-order valence-corrected chi connectivity index (χ2v) is 6.86. The summed E-state index contributed by atoms with van der Waals surface area (Å²) in [6, 6.07) is 7.03. The fourth-order valence-electron chi connectivity index (χ4n) is 1.99. The third-order valence-corrected chi connectivity index (χ3v) is 4.83. The molecule has 2 N–H and O–H groups in total. The minimum atomic E-state index is -3.25. The molecule has 0 spiro atoms. The molecule has 1 aliphatic rings. The molecule has 104 valence electrons. The maximum atomic E-state index is 12.1. The van der Waals surface area contributed by atoms with Crippen LogP contribution < -0.4 is 14.8 Å². The number of ether oxygens (including phenoxy) is 1. The Labute approximate surface area is 118 Å². The number of hydrogen-bond acceptors (Lipinski definition) is 4. The van der Waals surface area contributed by atoms with Gasteiger partial charge in [-0.15, -0.1) is 0 Å². The van der Waals surface area contributed by atoms with Crippen LogP contribution in [0, 0.1) is 0 Å². The van der Waals surface area contributed by atoms with Crippen LogP contribution >= 0.6 is 12.2 Å². The van der Waals surface area contributed by atoms with Gasteiger partial charge < -0.3 is 10.5 Å². The van der Waals surface area contributed by atoms with Gasteiger partial charge in [-0.3, -0.25) is 4.31 Å². The third-order valence-electron chi connectivity index (χ3n) is 2.85. The van der Waals surface area contributed by atoms with Crippen LogP contribution in [0.2, 0.25) is 0 Å². The van der Waals surface area contributed by atoms with Crippen LogP contribution in [-0.2, 0) is 10.0 Å². The third kappa shape index (κ3) is 3.36. The molecule has 0 bridgehead atoms. The van der Waals surface area contributed by atoms with Crippen LogP contribution in [-0.4, -0.2) is 32.3 Å². The van der Waals surface area contributed by atoms with Crippen LogP contribution in [0.5, 0.6) is 5.75 Å². The first-order valence-corrected chi connectivity index (χ1v) is 8.03. The Bertz CT molecular complexity index is 572. The van der Waals surface area contributed by atoms with Gasteiger partial charge in [0.1, 0.15) is 17.3 Å². The lowest BCUT2D eigenvalue weighted by molar-refractivity contribution is 0.378. The molecule has 1 saturated heterocycles. The average molecular weight is 300 g/mol. The summed E-state index contributed by atoms with van der Waals surface area (Å²) in [6.07, 6.45) is 1.55. The zero-order chi connectivity index (χ0) is 13.9. The molecule has 1 heterocycles. The van der Waals surface area contributed by atoms with Gasteiger partial charge in [0.25, 0.3) is 0 Å². The highest BCUT2D eigenvalue weighted by molar-refractivity contribution is 7.92. The first kappa shape index (κ1) is 14.1. The number of nitrogens with zero attached hydrogens (tertiary/aromatic N) is 1. The summed E-state index contributed by atoms with van der Waals surface area (Å²) >= 11 is 4.76. The molecule has 1 aromatic carbocycles. The van der Waals surface area contributed by atoms with Crippen molar-refractivity contribution in [3.05, 3.63) is 24.3 Å². The van der Waals surface area contributed by atoms with E-state index in [4.69, 9.17) is 22.7 Å². The van der Waals surface area contributed by atoms with Gasteiger partial charge in [-0.05, 0) is 25.0 Å². The predicted molar refractivity (Wildman–Crippen MR) is 79.1 cm³/mol. The van der Waals surface area contributed by atoms with E-state index in [1.165, 1.54) is 4.31 Å². The largest absolute Gasteiger partial charge is 0.484 e. The molecule has 2 rings (SSSR count). The molecular formula is C12H16N2O3S2. The number of anilines is 1. The standard InChI is InChI=1S/C12H16N2O3S2/c13-12(18)9-17-11-6-2-1-5-10(11)14-7-3-4-8-19(14,15)16/h1-2,5-6H,3-4,7-9H2,(H2,13,18). The Morgan fingerprint density at radius 2 is 2.11 bits per heavy atom. The highest BCUT2D eigenvalue weighted by atomic mass is 32.2. The van der Waals surface area contributed by atoms with Crippen molar-refractivity contribution in [2.45, 2.75) is 12.8 Å². The Morgan fingerprint density at radius 1 is 1.37 bits per heavy atom. The molecule has 0 atom stereocenters. The molecule has 0 amide bonds. The lowest BCUT2D eigenvalue weighted by atomic mass is 10.2. The SMILES string of the molecule is NC(=S)COc1ccccc1N1CCCCS1(=O)=O. The molecule has 0 saturated carbocycles. The second-order valence-electron chi connectivity index (χ2n) is 4.32. The zero-order valence-electron chi connectivity index (χ0n) is 10.4. The minimum absolute atomic E-state index is 0.0975. The van der Waals surface area contributed by atoms with Crippen molar-refractivity contribution < 1.29 is 13.2 Å². The first-order chi connectivity index (χ1) is 9.00. The molecule has 19 heavy (non-hydrogen) atoms. The van der Waals surface area contributed by atoms with Crippen molar-refractivity contribution >= 4 is 32.9 Å². The number of thiocarbonyl (C=S) groups is 1. The minimum Gasteiger partial charge on any atom is -0.484 e. The van der Waals surface area contributed by atoms with Crippen LogP contribution in [0.3, 0.4) is 0 Å². The van der Waals surface area contributed by atoms with Crippen LogP contribution in [0.25, 0.3) is 0 Å². The summed E-state index contributed by atoms with van der Waals surface area (Å²) in [5.41, 5.74) is 5.95. The van der Waals surface area contributed by atoms with E-state index >= 15 is 0 Å². The molecule has 1 aliphatic heterocycles. The fourth-order valence-corrected chi connectivity index (χ4v) is 3.70. The highest BCUT2D eigenvalue weighted by Gasteiger charge is 2.28. The summed E-state index contributed by atoms with van der Waals surface area (Å²) in [7, 11) is -3.25. The van der Waals surface area contributed by atoms with E-state index in [9.17, 15) is 8.42 Å². The molecule has 0 aromatic heterocycles. The summed E-state index contributed by atoms with van der Waals surface area (Å²) < 4.78 is 31.1. The highest BCUT2D eigenvalue weighted by Crippen LogP contribution is 2.32. The summed E-state index contributed by atoms with van der Waals surface area (Å²) in [4.78, 5) is 0.233. The zero-order valence-corrected chi connectivity index (χ0v) is 12.0. The van der Waals surface area contributed by atoms with Gasteiger partial charge in [0, 0.05) is 6.54 Å². The maximum Gasteiger partial charge on any atom is 0.235 e. The van der Waals surface area contributed by atoms with Crippen molar-refractivity contribution in [3.8, 4) is 5.75 Å². The van der Waals surface area contributed by atoms with E-state index in [1.54, 1.807) is 24.3 Å². The summed E-state index contributed by atoms with van der Waals surface area (Å²) in [6.45, 7) is 0.579. The summed E-state index contributed by atoms with van der Waals surface area (Å²) in [5, 5.41) is 0. The van der Waals surface area contributed by atoms with Crippen LogP contribution in [0.1, 0.15) is 12.8 Å². The van der Waals surface area contributed by atoms with E-state index in [2.05, 4.69) is 0 Å². The molecule has 1 fully saturated rings. The molecular weight excluding hydrogens is 284 g/mol. The average Bonchev–Trinajstić information content (AvgIpc) is 2.36. The Balaban J connectivity index is 2.30.